The van der Waals surface area contributed by atoms with Crippen LogP contribution in [0.15, 0.2) is 23.8 Å². The number of hydrogen-bond acceptors (Lipinski definition) is 13. The second-order valence-electron chi connectivity index (χ2n) is 17.5. The predicted octanol–water partition coefficient (Wildman–Crippen LogP) is 4.91. The van der Waals surface area contributed by atoms with Crippen LogP contribution in [0, 0.1) is 23.7 Å². The number of carbonyl (C=O) groups excluding carboxylic acids is 2. The zero-order valence-corrected chi connectivity index (χ0v) is 36.5. The van der Waals surface area contributed by atoms with Crippen LogP contribution in [-0.4, -0.2) is 154 Å². The average molecular weight is 809 g/mol. The molecule has 0 amide bonds. The number of aliphatic hydroxyl groups excluding tert-OH is 2. The van der Waals surface area contributed by atoms with E-state index in [-0.39, 0.29) is 48.9 Å². The Hall–Kier alpha value is -1.78. The largest absolute Gasteiger partial charge is 0.462 e. The predicted molar refractivity (Wildman–Crippen MR) is 217 cm³/mol. The number of likely N-dealkylation sites (N-methyl/N-ethyl adjacent to an activating group) is 1. The number of likely N-dealkylation sites (tertiary alicyclic amines) is 1. The molecule has 0 aliphatic carbocycles. The molecule has 0 aromatic carbocycles. The summed E-state index contributed by atoms with van der Waals surface area (Å²) < 4.78 is 43.3. The van der Waals surface area contributed by atoms with Crippen molar-refractivity contribution in [1.29, 1.82) is 0 Å². The van der Waals surface area contributed by atoms with E-state index in [0.717, 1.165) is 44.5 Å². The summed E-state index contributed by atoms with van der Waals surface area (Å²) in [4.78, 5) is 32.1. The Kier molecular flexibility index (Phi) is 19.6. The number of ether oxygens (including phenoxy) is 7. The summed E-state index contributed by atoms with van der Waals surface area (Å²) in [5.74, 6) is -1.86. The number of nitrogens with zero attached hydrogens (tertiary/aromatic N) is 2. The molecule has 4 heterocycles. The van der Waals surface area contributed by atoms with Crippen LogP contribution in [0.5, 0.6) is 0 Å². The van der Waals surface area contributed by atoms with E-state index in [1.54, 1.807) is 20.3 Å². The topological polar surface area (TPSA) is 146 Å². The van der Waals surface area contributed by atoms with Crippen molar-refractivity contribution in [3.8, 4) is 0 Å². The Balaban J connectivity index is 1.64. The van der Waals surface area contributed by atoms with Crippen molar-refractivity contribution in [1.82, 2.24) is 9.80 Å². The lowest BCUT2D eigenvalue weighted by molar-refractivity contribution is -0.276. The summed E-state index contributed by atoms with van der Waals surface area (Å²) in [6, 6.07) is -0.188. The molecule has 0 aromatic rings. The number of hydrogen-bond donors (Lipinski definition) is 2. The number of aliphatic hydroxyl groups is 2. The van der Waals surface area contributed by atoms with Gasteiger partial charge in [0.25, 0.3) is 0 Å². The van der Waals surface area contributed by atoms with Gasteiger partial charge in [-0.2, -0.15) is 0 Å². The van der Waals surface area contributed by atoms with Crippen molar-refractivity contribution in [2.75, 3.05) is 54.6 Å². The summed E-state index contributed by atoms with van der Waals surface area (Å²) in [5, 5.41) is 22.8. The van der Waals surface area contributed by atoms with E-state index >= 15 is 0 Å². The molecule has 4 aliphatic rings. The molecule has 57 heavy (non-hydrogen) atoms. The van der Waals surface area contributed by atoms with Gasteiger partial charge in [0.15, 0.2) is 18.4 Å². The summed E-state index contributed by atoms with van der Waals surface area (Å²) in [6.07, 6.45) is 6.20. The summed E-state index contributed by atoms with van der Waals surface area (Å²) in [6.45, 7) is 14.6. The second kappa shape index (κ2) is 23.3. The molecule has 0 bridgehead atoms. The minimum absolute atomic E-state index is 0.00695. The number of allylic oxidation sites excluding steroid dienone is 3. The molecule has 0 spiro atoms. The fraction of sp³-hybridized carbons (Fsp3) is 0.864. The molecular formula is C44H76N2O11. The first-order chi connectivity index (χ1) is 27.1. The molecule has 13 nitrogen and oxygen atoms in total. The van der Waals surface area contributed by atoms with Crippen LogP contribution < -0.4 is 0 Å². The normalized spacial score (nSPS) is 41.4. The molecule has 0 radical (unpaired) electrons. The van der Waals surface area contributed by atoms with Crippen molar-refractivity contribution in [3.05, 3.63) is 23.8 Å². The standard InChI is InChI=1S/C44H76N2O11/c1-11-37-33(26-53-44-43(52-10)38(51-9)23-29(4)54-44)21-27(2)15-16-35(47)28(3)22-32(17-20-46-18-13-12-14-19-46)42(30(5)36(48)25-39(49)56-37)57-40-24-34(45(7)8)41(50)31(6)55-40/h15-16,21,28-34,36-38,40-44,48,50H,11-14,17-20,22-26H2,1-10H3/b16-15+,27-21+. The third kappa shape index (κ3) is 13.9. The third-order valence-electron chi connectivity index (χ3n) is 12.8. The number of ketones is 1. The second-order valence-corrected chi connectivity index (χ2v) is 17.5. The lowest BCUT2D eigenvalue weighted by Gasteiger charge is -2.44. The molecule has 4 aliphatic heterocycles. The molecule has 4 rings (SSSR count). The first kappa shape index (κ1) is 47.9. The van der Waals surface area contributed by atoms with Crippen molar-refractivity contribution < 1.29 is 53.0 Å². The zero-order chi connectivity index (χ0) is 41.8. The van der Waals surface area contributed by atoms with E-state index in [1.807, 2.05) is 72.7 Å². The Morgan fingerprint density at radius 1 is 0.930 bits per heavy atom. The first-order valence-corrected chi connectivity index (χ1v) is 21.6. The smallest absolute Gasteiger partial charge is 0.308 e. The highest BCUT2D eigenvalue weighted by atomic mass is 16.7. The Bertz CT molecular complexity index is 1290. The number of methoxy groups -OCH3 is 2. The lowest BCUT2D eigenvalue weighted by Crippen LogP contribution is -2.55. The van der Waals surface area contributed by atoms with Gasteiger partial charge in [-0.25, -0.2) is 0 Å². The fourth-order valence-electron chi connectivity index (χ4n) is 9.12. The van der Waals surface area contributed by atoms with Gasteiger partial charge in [-0.05, 0) is 98.6 Å². The Labute approximate surface area is 342 Å². The van der Waals surface area contributed by atoms with Crippen LogP contribution >= 0.6 is 0 Å². The summed E-state index contributed by atoms with van der Waals surface area (Å²) in [5.41, 5.74) is 0.833. The molecule has 0 saturated carbocycles. The van der Waals surface area contributed by atoms with E-state index in [0.29, 0.717) is 25.7 Å². The minimum atomic E-state index is -1.09. The quantitative estimate of drug-likeness (QED) is 0.258. The van der Waals surface area contributed by atoms with Gasteiger partial charge in [-0.3, -0.25) is 9.59 Å². The molecule has 3 saturated heterocycles. The third-order valence-corrected chi connectivity index (χ3v) is 12.8. The lowest BCUT2D eigenvalue weighted by atomic mass is 9.79. The van der Waals surface area contributed by atoms with Gasteiger partial charge in [0.05, 0.1) is 49.7 Å². The van der Waals surface area contributed by atoms with Crippen molar-refractivity contribution in [2.24, 2.45) is 23.7 Å². The van der Waals surface area contributed by atoms with Crippen LogP contribution in [0.1, 0.15) is 99.3 Å². The van der Waals surface area contributed by atoms with Gasteiger partial charge in [0.2, 0.25) is 0 Å². The molecule has 13 heteroatoms. The average Bonchev–Trinajstić information content (AvgIpc) is 3.18. The fourth-order valence-corrected chi connectivity index (χ4v) is 9.12. The van der Waals surface area contributed by atoms with Gasteiger partial charge in [-0.1, -0.05) is 44.9 Å². The van der Waals surface area contributed by atoms with Gasteiger partial charge in [-0.15, -0.1) is 0 Å². The molecule has 15 atom stereocenters. The maximum absolute atomic E-state index is 13.9. The van der Waals surface area contributed by atoms with E-state index in [2.05, 4.69) is 4.90 Å². The van der Waals surface area contributed by atoms with E-state index in [9.17, 15) is 19.8 Å². The maximum atomic E-state index is 13.9. The minimum Gasteiger partial charge on any atom is -0.462 e. The molecule has 2 N–H and O–H groups in total. The van der Waals surface area contributed by atoms with Crippen LogP contribution in [0.4, 0.5) is 0 Å². The highest BCUT2D eigenvalue weighted by molar-refractivity contribution is 5.91. The SMILES string of the molecule is CCC1OC(=O)CC(O)C(C)C(OC2CC(N(C)C)C(O)C(C)O2)C(CCN2CCCCC2)CC(C)C(=O)/C=C/C(C)=C/C1COC1OC(C)CC(OC)C1OC. The molecule has 0 aromatic heterocycles. The van der Waals surface area contributed by atoms with E-state index in [4.69, 9.17) is 33.2 Å². The Morgan fingerprint density at radius 3 is 2.30 bits per heavy atom. The number of piperidine rings is 1. The van der Waals surface area contributed by atoms with E-state index < -0.39 is 67.0 Å². The van der Waals surface area contributed by atoms with Crippen molar-refractivity contribution in [2.45, 2.75) is 167 Å². The van der Waals surface area contributed by atoms with Gasteiger partial charge >= 0.3 is 5.97 Å². The van der Waals surface area contributed by atoms with Crippen LogP contribution in [0.3, 0.4) is 0 Å². The monoisotopic (exact) mass is 809 g/mol. The van der Waals surface area contributed by atoms with Gasteiger partial charge < -0.3 is 53.2 Å². The number of rotatable bonds is 12. The van der Waals surface area contributed by atoms with Crippen LogP contribution in [0.2, 0.25) is 0 Å². The number of cyclic esters (lactones) is 1. The zero-order valence-electron chi connectivity index (χ0n) is 36.5. The molecule has 3 fully saturated rings. The summed E-state index contributed by atoms with van der Waals surface area (Å²) >= 11 is 0. The van der Waals surface area contributed by atoms with Crippen molar-refractivity contribution in [3.63, 3.8) is 0 Å². The van der Waals surface area contributed by atoms with Crippen molar-refractivity contribution >= 4 is 11.8 Å². The van der Waals surface area contributed by atoms with Crippen LogP contribution in [0.25, 0.3) is 0 Å². The molecule has 328 valence electrons. The Morgan fingerprint density at radius 2 is 1.65 bits per heavy atom. The van der Waals surface area contributed by atoms with Gasteiger partial charge in [0.1, 0.15) is 12.2 Å². The molecular weight excluding hydrogens is 732 g/mol. The molecule has 15 unspecified atom stereocenters. The first-order valence-electron chi connectivity index (χ1n) is 21.6. The van der Waals surface area contributed by atoms with E-state index in [1.165, 1.54) is 6.42 Å². The number of carbonyl (C=O) groups is 2. The van der Waals surface area contributed by atoms with Gasteiger partial charge in [0, 0.05) is 50.9 Å². The summed E-state index contributed by atoms with van der Waals surface area (Å²) in [7, 11) is 7.12. The maximum Gasteiger partial charge on any atom is 0.308 e. The number of esters is 1. The highest BCUT2D eigenvalue weighted by Gasteiger charge is 2.43. The highest BCUT2D eigenvalue weighted by Crippen LogP contribution is 2.35. The van der Waals surface area contributed by atoms with Crippen LogP contribution in [-0.2, 0) is 42.7 Å².